The highest BCUT2D eigenvalue weighted by Gasteiger charge is 2.35. The number of Topliss-reactive ketones (excluding diaryl/α,β-unsaturated/α-hetero) is 2. The molecule has 0 spiro atoms. The summed E-state index contributed by atoms with van der Waals surface area (Å²) >= 11 is 3.44. The predicted octanol–water partition coefficient (Wildman–Crippen LogP) is 5.48. The van der Waals surface area contributed by atoms with Crippen molar-refractivity contribution in [3.63, 3.8) is 0 Å². The molecule has 1 aromatic rings. The Hall–Kier alpha value is -2.14. The van der Waals surface area contributed by atoms with Gasteiger partial charge >= 0.3 is 0 Å². The van der Waals surface area contributed by atoms with Crippen LogP contribution < -0.4 is 5.32 Å². The van der Waals surface area contributed by atoms with Crippen molar-refractivity contribution >= 4 is 33.2 Å². The van der Waals surface area contributed by atoms with E-state index in [0.29, 0.717) is 17.8 Å². The first-order valence-corrected chi connectivity index (χ1v) is 9.41. The van der Waals surface area contributed by atoms with Crippen molar-refractivity contribution in [3.8, 4) is 0 Å². The summed E-state index contributed by atoms with van der Waals surface area (Å²) in [7, 11) is 0. The van der Waals surface area contributed by atoms with Gasteiger partial charge in [-0.3, -0.25) is 9.59 Å². The Balaban J connectivity index is 2.39. The van der Waals surface area contributed by atoms with Crippen LogP contribution in [0, 0.1) is 5.92 Å². The smallest absolute Gasteiger partial charge is 0.233 e. The first-order valence-electron chi connectivity index (χ1n) is 8.62. The monoisotopic (exact) mass is 417 g/mol. The predicted molar refractivity (Wildman–Crippen MR) is 108 cm³/mol. The van der Waals surface area contributed by atoms with Crippen molar-refractivity contribution in [2.75, 3.05) is 5.32 Å². The van der Waals surface area contributed by atoms with E-state index in [2.05, 4.69) is 27.3 Å². The molecule has 0 bridgehead atoms. The first-order chi connectivity index (χ1) is 12.2. The molecule has 0 amide bonds. The first kappa shape index (κ1) is 20.2. The highest BCUT2D eigenvalue weighted by molar-refractivity contribution is 9.10. The minimum absolute atomic E-state index is 0.132. The number of allylic oxidation sites excluding steroid dienone is 4. The highest BCUT2D eigenvalue weighted by Crippen LogP contribution is 2.33. The van der Waals surface area contributed by atoms with Crippen molar-refractivity contribution in [2.24, 2.45) is 5.92 Å². The number of hydrogen-bond acceptors (Lipinski definition) is 4. The SMILES string of the molecule is CC(C)=CCCC(C)C1=C(O)C(Nc2ccccc2Br)=C(C)C(=O)C1=O. The number of aliphatic hydroxyl groups excluding tert-OH is 1. The fourth-order valence-corrected chi connectivity index (χ4v) is 3.28. The van der Waals surface area contributed by atoms with E-state index in [1.54, 1.807) is 6.92 Å². The van der Waals surface area contributed by atoms with Gasteiger partial charge in [-0.15, -0.1) is 0 Å². The third-order valence-electron chi connectivity index (χ3n) is 4.44. The molecule has 0 aliphatic heterocycles. The number of ketones is 2. The van der Waals surface area contributed by atoms with Crippen LogP contribution in [0.5, 0.6) is 0 Å². The third kappa shape index (κ3) is 4.33. The zero-order chi connectivity index (χ0) is 19.4. The largest absolute Gasteiger partial charge is 0.505 e. The lowest BCUT2D eigenvalue weighted by Crippen LogP contribution is -2.30. The zero-order valence-electron chi connectivity index (χ0n) is 15.5. The molecule has 2 N–H and O–H groups in total. The molecule has 26 heavy (non-hydrogen) atoms. The standard InChI is InChI=1S/C21H24BrNO3/c1-12(2)8-7-9-13(3)17-20(25)18(14(4)19(24)21(17)26)23-16-11-6-5-10-15(16)22/h5-6,8,10-11,13,23,25H,7,9H2,1-4H3. The zero-order valence-corrected chi connectivity index (χ0v) is 17.1. The van der Waals surface area contributed by atoms with Crippen molar-refractivity contribution in [2.45, 2.75) is 40.5 Å². The van der Waals surface area contributed by atoms with E-state index in [1.807, 2.05) is 45.0 Å². The van der Waals surface area contributed by atoms with E-state index in [9.17, 15) is 14.7 Å². The summed E-state index contributed by atoms with van der Waals surface area (Å²) in [5.74, 6) is -1.53. The molecule has 138 valence electrons. The fourth-order valence-electron chi connectivity index (χ4n) is 2.90. The van der Waals surface area contributed by atoms with Crippen LogP contribution in [0.2, 0.25) is 0 Å². The lowest BCUT2D eigenvalue weighted by molar-refractivity contribution is -0.132. The Labute approximate surface area is 162 Å². The maximum absolute atomic E-state index is 12.5. The molecule has 5 heteroatoms. The second-order valence-electron chi connectivity index (χ2n) is 6.79. The third-order valence-corrected chi connectivity index (χ3v) is 5.13. The van der Waals surface area contributed by atoms with E-state index in [4.69, 9.17) is 0 Å². The summed E-state index contributed by atoms with van der Waals surface area (Å²) in [5.41, 5.74) is 2.63. The van der Waals surface area contributed by atoms with Gasteiger partial charge in [0.1, 0.15) is 5.76 Å². The molecule has 1 aromatic carbocycles. The minimum Gasteiger partial charge on any atom is -0.505 e. The summed E-state index contributed by atoms with van der Waals surface area (Å²) in [4.78, 5) is 24.9. The van der Waals surface area contributed by atoms with Gasteiger partial charge in [-0.25, -0.2) is 0 Å². The highest BCUT2D eigenvalue weighted by atomic mass is 79.9. The molecule has 2 rings (SSSR count). The van der Waals surface area contributed by atoms with Gasteiger partial charge in [-0.2, -0.15) is 0 Å². The number of carbonyl (C=O) groups is 2. The minimum atomic E-state index is -0.609. The molecule has 1 aliphatic carbocycles. The summed E-state index contributed by atoms with van der Waals surface area (Å²) in [6, 6.07) is 7.41. The summed E-state index contributed by atoms with van der Waals surface area (Å²) in [6.07, 6.45) is 3.56. The Morgan fingerprint density at radius 2 is 1.88 bits per heavy atom. The van der Waals surface area contributed by atoms with Crippen molar-refractivity contribution in [1.29, 1.82) is 0 Å². The van der Waals surface area contributed by atoms with Crippen LogP contribution in [-0.4, -0.2) is 16.7 Å². The molecule has 0 saturated heterocycles. The lowest BCUT2D eigenvalue weighted by Gasteiger charge is -2.24. The van der Waals surface area contributed by atoms with Crippen LogP contribution in [0.3, 0.4) is 0 Å². The Morgan fingerprint density at radius 3 is 2.50 bits per heavy atom. The van der Waals surface area contributed by atoms with E-state index in [-0.39, 0.29) is 22.8 Å². The van der Waals surface area contributed by atoms with Gasteiger partial charge in [-0.05, 0) is 67.6 Å². The Morgan fingerprint density at radius 1 is 1.23 bits per heavy atom. The lowest BCUT2D eigenvalue weighted by atomic mass is 9.83. The molecule has 1 unspecified atom stereocenters. The van der Waals surface area contributed by atoms with Crippen LogP contribution in [0.4, 0.5) is 5.69 Å². The second kappa shape index (κ2) is 8.49. The maximum atomic E-state index is 12.5. The average molecular weight is 418 g/mol. The molecule has 4 nitrogen and oxygen atoms in total. The van der Waals surface area contributed by atoms with E-state index in [1.165, 1.54) is 5.57 Å². The molecule has 0 fully saturated rings. The Bertz CT molecular complexity index is 829. The van der Waals surface area contributed by atoms with Crippen LogP contribution >= 0.6 is 15.9 Å². The average Bonchev–Trinajstić information content (AvgIpc) is 2.58. The van der Waals surface area contributed by atoms with Crippen LogP contribution in [0.25, 0.3) is 0 Å². The molecule has 0 heterocycles. The number of hydrogen-bond donors (Lipinski definition) is 2. The van der Waals surface area contributed by atoms with Gasteiger partial charge in [0.15, 0.2) is 0 Å². The van der Waals surface area contributed by atoms with Crippen molar-refractivity contribution < 1.29 is 14.7 Å². The fraction of sp³-hybridized carbons (Fsp3) is 0.333. The summed E-state index contributed by atoms with van der Waals surface area (Å²) < 4.78 is 0.801. The van der Waals surface area contributed by atoms with Gasteiger partial charge in [-0.1, -0.05) is 30.7 Å². The molecule has 0 radical (unpaired) electrons. The molecular weight excluding hydrogens is 394 g/mol. The van der Waals surface area contributed by atoms with Gasteiger partial charge in [0, 0.05) is 10.0 Å². The topological polar surface area (TPSA) is 66.4 Å². The summed E-state index contributed by atoms with van der Waals surface area (Å²) in [6.45, 7) is 7.46. The van der Waals surface area contributed by atoms with Gasteiger partial charge < -0.3 is 10.4 Å². The van der Waals surface area contributed by atoms with Crippen molar-refractivity contribution in [3.05, 3.63) is 63.0 Å². The maximum Gasteiger partial charge on any atom is 0.233 e. The number of benzene rings is 1. The van der Waals surface area contributed by atoms with Crippen molar-refractivity contribution in [1.82, 2.24) is 0 Å². The molecule has 0 saturated carbocycles. The van der Waals surface area contributed by atoms with Crippen LogP contribution in [-0.2, 0) is 9.59 Å². The number of halogens is 1. The van der Waals surface area contributed by atoms with Crippen LogP contribution in [0.15, 0.2) is 63.0 Å². The number of aliphatic hydroxyl groups is 1. The van der Waals surface area contributed by atoms with E-state index in [0.717, 1.165) is 10.9 Å². The summed E-state index contributed by atoms with van der Waals surface area (Å²) in [5, 5.41) is 13.9. The molecule has 1 atom stereocenters. The van der Waals surface area contributed by atoms with Gasteiger partial charge in [0.2, 0.25) is 11.6 Å². The Kier molecular flexibility index (Phi) is 6.59. The number of nitrogens with one attached hydrogen (secondary N) is 1. The molecular formula is C21H24BrNO3. The number of anilines is 1. The number of carbonyl (C=O) groups excluding carboxylic acids is 2. The number of rotatable bonds is 6. The van der Waals surface area contributed by atoms with Crippen LogP contribution in [0.1, 0.15) is 40.5 Å². The van der Waals surface area contributed by atoms with E-state index < -0.39 is 11.6 Å². The second-order valence-corrected chi connectivity index (χ2v) is 7.64. The van der Waals surface area contributed by atoms with E-state index >= 15 is 0 Å². The van der Waals surface area contributed by atoms with Gasteiger partial charge in [0.25, 0.3) is 0 Å². The normalized spacial score (nSPS) is 16.0. The molecule has 0 aromatic heterocycles. The quantitative estimate of drug-likeness (QED) is 0.365. The van der Waals surface area contributed by atoms with Gasteiger partial charge in [0.05, 0.1) is 17.0 Å². The molecule has 1 aliphatic rings. The number of para-hydroxylation sites is 1.